The first-order valence-electron chi connectivity index (χ1n) is 8.94. The molecule has 12 nitrogen and oxygen atoms in total. The van der Waals surface area contributed by atoms with Crippen molar-refractivity contribution in [2.24, 2.45) is 5.16 Å². The average molecular weight is 516 g/mol. The maximum Gasteiger partial charge on any atom is 0.353 e. The predicted octanol–water partition coefficient (Wildman–Crippen LogP) is 1.29. The van der Waals surface area contributed by atoms with Crippen molar-refractivity contribution >= 4 is 74.9 Å². The van der Waals surface area contributed by atoms with Crippen LogP contribution in [0.2, 0.25) is 4.34 Å². The third-order valence-corrected chi connectivity index (χ3v) is 8.16. The summed E-state index contributed by atoms with van der Waals surface area (Å²) in [6.07, 6.45) is 0.816. The van der Waals surface area contributed by atoms with Crippen LogP contribution in [0, 0.1) is 6.92 Å². The lowest BCUT2D eigenvalue weighted by molar-refractivity contribution is -0.155. The Bertz CT molecular complexity index is 1190. The molecular weight excluding hydrogens is 502 g/mol. The van der Waals surface area contributed by atoms with Crippen LogP contribution in [-0.2, 0) is 14.4 Å². The van der Waals surface area contributed by atoms with Crippen LogP contribution in [0.25, 0.3) is 0 Å². The van der Waals surface area contributed by atoms with Gasteiger partial charge in [-0.2, -0.15) is 0 Å². The van der Waals surface area contributed by atoms with Crippen LogP contribution in [0.15, 0.2) is 20.0 Å². The molecule has 4 heterocycles. The van der Waals surface area contributed by atoms with Gasteiger partial charge in [0.15, 0.2) is 10.8 Å². The quantitative estimate of drug-likeness (QED) is 0.189. The van der Waals surface area contributed by atoms with Gasteiger partial charge in [-0.25, -0.2) is 9.78 Å². The fourth-order valence-electron chi connectivity index (χ4n) is 3.43. The van der Waals surface area contributed by atoms with Crippen LogP contribution in [-0.4, -0.2) is 65.4 Å². The summed E-state index contributed by atoms with van der Waals surface area (Å²) >= 11 is 9.24. The van der Waals surface area contributed by atoms with Gasteiger partial charge in [-0.3, -0.25) is 14.5 Å². The summed E-state index contributed by atoms with van der Waals surface area (Å²) in [5.74, 6) is -2.71. The van der Waals surface area contributed by atoms with Gasteiger partial charge in [0.1, 0.15) is 26.0 Å². The topological polar surface area (TPSA) is 184 Å². The number of β-lactam (4-membered cyclic amide) rings is 1. The molecule has 0 unspecified atom stereocenters. The molecule has 0 spiro atoms. The van der Waals surface area contributed by atoms with Crippen molar-refractivity contribution in [1.29, 1.82) is 0 Å². The van der Waals surface area contributed by atoms with Gasteiger partial charge in [-0.15, -0.1) is 5.10 Å². The summed E-state index contributed by atoms with van der Waals surface area (Å²) < 4.78 is 4.64. The van der Waals surface area contributed by atoms with Gasteiger partial charge in [0.05, 0.1) is 11.7 Å². The third kappa shape index (κ3) is 3.80. The highest BCUT2D eigenvalue weighted by Gasteiger charge is 2.54. The number of nitrogen functional groups attached to an aromatic ring is 1. The van der Waals surface area contributed by atoms with Crippen LogP contribution in [0.4, 0.5) is 5.13 Å². The number of rotatable bonds is 6. The number of hydrogen-bond donors (Lipinski definition) is 4. The van der Waals surface area contributed by atoms with Gasteiger partial charge < -0.3 is 21.4 Å². The van der Waals surface area contributed by atoms with E-state index in [0.29, 0.717) is 23.4 Å². The van der Waals surface area contributed by atoms with Gasteiger partial charge in [0, 0.05) is 4.91 Å². The molecule has 0 aliphatic carbocycles. The molecule has 2 aliphatic rings. The summed E-state index contributed by atoms with van der Waals surface area (Å²) in [5.41, 5.74) is 5.50. The Kier molecular flexibility index (Phi) is 6.07. The number of carboxylic acid groups (broad SMARTS) is 1. The second-order valence-electron chi connectivity index (χ2n) is 6.71. The number of aromatic nitrogens is 3. The number of thioether (sulfide) groups is 1. The van der Waals surface area contributed by atoms with Crippen molar-refractivity contribution in [3.8, 4) is 0 Å². The summed E-state index contributed by atoms with van der Waals surface area (Å²) in [4.78, 5) is 42.9. The Labute approximate surface area is 197 Å². The van der Waals surface area contributed by atoms with E-state index in [-0.39, 0.29) is 20.9 Å². The third-order valence-electron chi connectivity index (χ3n) is 4.85. The number of oxime groups is 1. The normalized spacial score (nSPS) is 20.8. The first-order chi connectivity index (χ1) is 15.2. The van der Waals surface area contributed by atoms with Crippen molar-refractivity contribution in [2.75, 3.05) is 5.73 Å². The van der Waals surface area contributed by atoms with E-state index in [9.17, 15) is 24.7 Å². The lowest BCUT2D eigenvalue weighted by atomic mass is 9.86. The number of aryl methyl sites for hydroxylation is 1. The van der Waals surface area contributed by atoms with Crippen molar-refractivity contribution < 1.29 is 24.7 Å². The van der Waals surface area contributed by atoms with Gasteiger partial charge in [-0.1, -0.05) is 44.3 Å². The highest BCUT2D eigenvalue weighted by Crippen LogP contribution is 2.44. The molecule has 0 aromatic carbocycles. The number of fused-ring (bicyclic) bond motifs is 1. The number of thiazole rings is 1. The number of nitrogens with one attached hydrogen (secondary N) is 1. The number of anilines is 1. The maximum absolute atomic E-state index is 12.8. The molecule has 0 saturated carbocycles. The molecule has 0 radical (unpaired) electrons. The van der Waals surface area contributed by atoms with Crippen LogP contribution in [0.3, 0.4) is 0 Å². The van der Waals surface area contributed by atoms with Crippen molar-refractivity contribution in [1.82, 2.24) is 24.8 Å². The largest absolute Gasteiger partial charge is 0.477 e. The zero-order valence-corrected chi connectivity index (χ0v) is 19.3. The molecule has 2 aromatic heterocycles. The molecule has 16 heteroatoms. The molecule has 2 aromatic rings. The van der Waals surface area contributed by atoms with Gasteiger partial charge in [0.2, 0.25) is 0 Å². The van der Waals surface area contributed by atoms with E-state index in [4.69, 9.17) is 17.3 Å². The molecule has 1 fully saturated rings. The number of carbonyl (C=O) groups is 3. The Morgan fingerprint density at radius 1 is 1.44 bits per heavy atom. The molecule has 4 rings (SSSR count). The lowest BCUT2D eigenvalue weighted by Gasteiger charge is -2.50. The Hall–Kier alpha value is -2.75. The second kappa shape index (κ2) is 8.65. The van der Waals surface area contributed by atoms with Crippen molar-refractivity contribution in [2.45, 2.75) is 36.1 Å². The average Bonchev–Trinajstić information content (AvgIpc) is 3.30. The van der Waals surface area contributed by atoms with Gasteiger partial charge >= 0.3 is 5.97 Å². The number of nitrogens with zero attached hydrogens (tertiary/aromatic N) is 5. The monoisotopic (exact) mass is 515 g/mol. The number of carboxylic acids is 1. The molecule has 168 valence electrons. The van der Waals surface area contributed by atoms with Crippen molar-refractivity contribution in [3.05, 3.63) is 26.3 Å². The molecule has 2 amide bonds. The highest BCUT2D eigenvalue weighted by molar-refractivity contribution is 8.04. The minimum Gasteiger partial charge on any atom is -0.477 e. The molecule has 1 saturated heterocycles. The summed E-state index contributed by atoms with van der Waals surface area (Å²) in [5, 5.41) is 28.5. The van der Waals surface area contributed by atoms with Gasteiger partial charge in [0.25, 0.3) is 11.8 Å². The fourth-order valence-corrected chi connectivity index (χ4v) is 6.24. The van der Waals surface area contributed by atoms with E-state index in [0.717, 1.165) is 27.1 Å². The zero-order chi connectivity index (χ0) is 23.2. The first kappa shape index (κ1) is 22.4. The number of halogens is 1. The number of hydrogen-bond acceptors (Lipinski definition) is 12. The van der Waals surface area contributed by atoms with E-state index in [1.807, 2.05) is 0 Å². The van der Waals surface area contributed by atoms with E-state index in [1.165, 1.54) is 16.7 Å². The smallest absolute Gasteiger partial charge is 0.353 e. The second-order valence-corrected chi connectivity index (χ2v) is 10.5. The Morgan fingerprint density at radius 2 is 2.19 bits per heavy atom. The molecule has 0 bridgehead atoms. The van der Waals surface area contributed by atoms with Crippen LogP contribution >= 0.6 is 46.2 Å². The lowest BCUT2D eigenvalue weighted by Crippen LogP contribution is -2.72. The Balaban J connectivity index is 1.54. The van der Waals surface area contributed by atoms with E-state index >= 15 is 0 Å². The summed E-state index contributed by atoms with van der Waals surface area (Å²) in [6.45, 7) is 1.77. The number of nitrogens with two attached hydrogens (primary N) is 1. The summed E-state index contributed by atoms with van der Waals surface area (Å²) in [7, 11) is 0. The van der Waals surface area contributed by atoms with E-state index in [2.05, 4.69) is 25.0 Å². The van der Waals surface area contributed by atoms with E-state index < -0.39 is 35.6 Å². The van der Waals surface area contributed by atoms with Crippen LogP contribution < -0.4 is 11.1 Å². The van der Waals surface area contributed by atoms with E-state index in [1.54, 1.807) is 6.92 Å². The molecule has 5 N–H and O–H groups in total. The Morgan fingerprint density at radius 3 is 2.75 bits per heavy atom. The maximum atomic E-state index is 12.8. The number of amides is 2. The van der Waals surface area contributed by atoms with Gasteiger partial charge in [-0.05, 0) is 31.3 Å². The van der Waals surface area contributed by atoms with Crippen LogP contribution in [0.5, 0.6) is 0 Å². The SMILES string of the molecule is Cc1nnsc1SC1=C(C(=O)O)N2C(=O)[C@@H](NC(=O)/C(=N\O)c3nc(N)sc3Cl)[C@H]2CC1. The number of aliphatic carboxylic acids is 1. The van der Waals surface area contributed by atoms with Crippen LogP contribution in [0.1, 0.15) is 24.2 Å². The fraction of sp³-hybridized carbons (Fsp3) is 0.312. The first-order valence-corrected chi connectivity index (χ1v) is 11.7. The minimum atomic E-state index is -1.24. The number of carbonyl (C=O) groups excluding carboxylic acids is 2. The molecule has 2 aliphatic heterocycles. The highest BCUT2D eigenvalue weighted by atomic mass is 35.5. The van der Waals surface area contributed by atoms with Crippen molar-refractivity contribution in [3.63, 3.8) is 0 Å². The standard InChI is InChI=1S/C16H14ClN7O5S3/c1-4-15(32-23-21-4)30-6-3-2-5-7(13(26)24(5)10(6)14(27)28)19-12(25)9(22-29)8-11(17)31-16(18)20-8/h5,7,29H,2-3H2,1H3,(H2,18,20)(H,19,25)(H,27,28)/b22-9-/t5-,7+/m1/s1. The number of allylic oxidation sites excluding steroid dienone is 1. The molecule has 2 atom stereocenters. The molecule has 32 heavy (non-hydrogen) atoms. The summed E-state index contributed by atoms with van der Waals surface area (Å²) in [6, 6.07) is -1.54. The molecular formula is C16H14ClN7O5S3. The minimum absolute atomic E-state index is 0.0512. The predicted molar refractivity (Wildman–Crippen MR) is 117 cm³/mol. The zero-order valence-electron chi connectivity index (χ0n) is 16.1.